The Morgan fingerprint density at radius 2 is 1.85 bits per heavy atom. The van der Waals surface area contributed by atoms with Crippen LogP contribution < -0.4 is 5.32 Å². The normalized spacial score (nSPS) is 19.6. The third-order valence-electron chi connectivity index (χ3n) is 2.96. The lowest BCUT2D eigenvalue weighted by Gasteiger charge is -2.36. The van der Waals surface area contributed by atoms with E-state index in [1.54, 1.807) is 7.11 Å². The van der Waals surface area contributed by atoms with E-state index in [0.29, 0.717) is 5.41 Å². The minimum Gasteiger partial charge on any atom is -0.384 e. The Morgan fingerprint density at radius 3 is 2.31 bits per heavy atom. The second kappa shape index (κ2) is 5.84. The molecule has 1 fully saturated rings. The number of rotatable bonds is 3. The molecule has 0 radical (unpaired) electrons. The van der Waals surface area contributed by atoms with Crippen LogP contribution in [-0.4, -0.2) is 26.8 Å². The molecule has 1 N–H and O–H groups in total. The van der Waals surface area contributed by atoms with Crippen molar-refractivity contribution in [2.75, 3.05) is 26.8 Å². The lowest BCUT2D eigenvalue weighted by Crippen LogP contribution is -2.37. The van der Waals surface area contributed by atoms with Gasteiger partial charge in [0.1, 0.15) is 0 Å². The quantitative estimate of drug-likeness (QED) is 0.765. The molecule has 1 heterocycles. The predicted octanol–water partition coefficient (Wildman–Crippen LogP) is 2.08. The summed E-state index contributed by atoms with van der Waals surface area (Å²) in [6.07, 6.45) is 2.60. The topological polar surface area (TPSA) is 21.3 Å². The molecule has 0 unspecified atom stereocenters. The van der Waals surface area contributed by atoms with Crippen LogP contribution in [0.15, 0.2) is 0 Å². The zero-order chi connectivity index (χ0) is 9.03. The first-order valence-electron chi connectivity index (χ1n) is 4.86. The van der Waals surface area contributed by atoms with Crippen molar-refractivity contribution in [3.05, 3.63) is 0 Å². The maximum atomic E-state index is 5.24. The highest BCUT2D eigenvalue weighted by Crippen LogP contribution is 2.33. The molecule has 0 saturated carbocycles. The summed E-state index contributed by atoms with van der Waals surface area (Å²) in [7, 11) is 1.79. The summed E-state index contributed by atoms with van der Waals surface area (Å²) in [5.74, 6) is 0.832. The number of halogens is 1. The van der Waals surface area contributed by atoms with Gasteiger partial charge in [0.15, 0.2) is 0 Å². The van der Waals surface area contributed by atoms with Gasteiger partial charge in [-0.1, -0.05) is 13.8 Å². The van der Waals surface area contributed by atoms with Crippen molar-refractivity contribution in [3.63, 3.8) is 0 Å². The Hall–Kier alpha value is 0.210. The zero-order valence-electron chi connectivity index (χ0n) is 8.93. The van der Waals surface area contributed by atoms with Crippen molar-refractivity contribution in [2.24, 2.45) is 11.3 Å². The van der Waals surface area contributed by atoms with Crippen LogP contribution in [0, 0.1) is 11.3 Å². The second-order valence-corrected chi connectivity index (χ2v) is 4.45. The number of piperidine rings is 1. The molecule has 0 amide bonds. The van der Waals surface area contributed by atoms with Crippen molar-refractivity contribution in [2.45, 2.75) is 26.7 Å². The maximum absolute atomic E-state index is 5.24. The molecule has 13 heavy (non-hydrogen) atoms. The van der Waals surface area contributed by atoms with E-state index in [-0.39, 0.29) is 12.4 Å². The summed E-state index contributed by atoms with van der Waals surface area (Å²) < 4.78 is 5.24. The molecule has 0 aromatic rings. The number of hydrogen-bond donors (Lipinski definition) is 1. The van der Waals surface area contributed by atoms with Crippen LogP contribution >= 0.6 is 12.4 Å². The van der Waals surface area contributed by atoms with Gasteiger partial charge in [0.25, 0.3) is 0 Å². The molecular weight excluding hydrogens is 186 g/mol. The Morgan fingerprint density at radius 1 is 1.31 bits per heavy atom. The molecule has 0 atom stereocenters. The fourth-order valence-corrected chi connectivity index (χ4v) is 2.09. The van der Waals surface area contributed by atoms with Crippen LogP contribution in [0.2, 0.25) is 0 Å². The van der Waals surface area contributed by atoms with E-state index in [1.165, 1.54) is 25.9 Å². The predicted molar refractivity (Wildman–Crippen MR) is 58.5 cm³/mol. The Kier molecular flexibility index (Phi) is 5.93. The van der Waals surface area contributed by atoms with Gasteiger partial charge in [0, 0.05) is 7.11 Å². The molecule has 0 aromatic heterocycles. The monoisotopic (exact) mass is 207 g/mol. The summed E-state index contributed by atoms with van der Waals surface area (Å²) in [5, 5.41) is 3.39. The average Bonchev–Trinajstić information content (AvgIpc) is 2.06. The number of ether oxygens (including phenoxy) is 1. The third-order valence-corrected chi connectivity index (χ3v) is 2.96. The van der Waals surface area contributed by atoms with E-state index in [2.05, 4.69) is 19.2 Å². The first kappa shape index (κ1) is 13.2. The van der Waals surface area contributed by atoms with Gasteiger partial charge < -0.3 is 10.1 Å². The van der Waals surface area contributed by atoms with Crippen LogP contribution in [0.25, 0.3) is 0 Å². The second-order valence-electron chi connectivity index (χ2n) is 4.45. The van der Waals surface area contributed by atoms with E-state index in [4.69, 9.17) is 4.74 Å². The first-order chi connectivity index (χ1) is 5.67. The van der Waals surface area contributed by atoms with Crippen molar-refractivity contribution in [1.82, 2.24) is 5.32 Å². The molecule has 0 aromatic carbocycles. The smallest absolute Gasteiger partial charge is 0.0516 e. The van der Waals surface area contributed by atoms with E-state index in [0.717, 1.165) is 12.5 Å². The van der Waals surface area contributed by atoms with Crippen LogP contribution in [-0.2, 0) is 4.74 Å². The lowest BCUT2D eigenvalue weighted by molar-refractivity contribution is 0.0463. The van der Waals surface area contributed by atoms with Crippen molar-refractivity contribution < 1.29 is 4.74 Å². The average molecular weight is 208 g/mol. The molecule has 1 rings (SSSR count). The Bertz CT molecular complexity index is 133. The zero-order valence-corrected chi connectivity index (χ0v) is 9.75. The number of nitrogens with one attached hydrogen (secondary N) is 1. The molecule has 80 valence electrons. The molecule has 2 nitrogen and oxygen atoms in total. The summed E-state index contributed by atoms with van der Waals surface area (Å²) in [4.78, 5) is 0. The third kappa shape index (κ3) is 3.84. The summed E-state index contributed by atoms with van der Waals surface area (Å²) >= 11 is 0. The molecule has 0 aliphatic carbocycles. The van der Waals surface area contributed by atoms with Crippen LogP contribution in [0.3, 0.4) is 0 Å². The van der Waals surface area contributed by atoms with E-state index < -0.39 is 0 Å². The Labute approximate surface area is 87.8 Å². The minimum atomic E-state index is 0. The van der Waals surface area contributed by atoms with Crippen molar-refractivity contribution in [1.29, 1.82) is 0 Å². The van der Waals surface area contributed by atoms with Gasteiger partial charge in [0.05, 0.1) is 6.61 Å². The summed E-state index contributed by atoms with van der Waals surface area (Å²) in [6.45, 7) is 7.87. The van der Waals surface area contributed by atoms with Crippen molar-refractivity contribution in [3.8, 4) is 0 Å². The van der Waals surface area contributed by atoms with Gasteiger partial charge in [-0.2, -0.15) is 0 Å². The lowest BCUT2D eigenvalue weighted by atomic mass is 9.74. The highest BCUT2D eigenvalue weighted by molar-refractivity contribution is 5.85. The summed E-state index contributed by atoms with van der Waals surface area (Å²) in [5.41, 5.74) is 0.358. The molecule has 1 aliphatic rings. The van der Waals surface area contributed by atoms with E-state index in [9.17, 15) is 0 Å². The SMILES string of the molecule is COCC(C)(C)C1CCNCC1.Cl. The number of methoxy groups -OCH3 is 1. The summed E-state index contributed by atoms with van der Waals surface area (Å²) in [6, 6.07) is 0. The van der Waals surface area contributed by atoms with E-state index >= 15 is 0 Å². The molecule has 3 heteroatoms. The van der Waals surface area contributed by atoms with Crippen LogP contribution in [0.1, 0.15) is 26.7 Å². The molecule has 1 saturated heterocycles. The van der Waals surface area contributed by atoms with Crippen LogP contribution in [0.5, 0.6) is 0 Å². The highest BCUT2D eigenvalue weighted by Gasteiger charge is 2.30. The fourth-order valence-electron chi connectivity index (χ4n) is 2.09. The Balaban J connectivity index is 0.00000144. The molecule has 1 aliphatic heterocycles. The van der Waals surface area contributed by atoms with Gasteiger partial charge in [0.2, 0.25) is 0 Å². The molecular formula is C10H22ClNO. The van der Waals surface area contributed by atoms with Gasteiger partial charge in [-0.05, 0) is 37.3 Å². The van der Waals surface area contributed by atoms with Crippen molar-refractivity contribution >= 4 is 12.4 Å². The minimum absolute atomic E-state index is 0. The fraction of sp³-hybridized carbons (Fsp3) is 1.00. The van der Waals surface area contributed by atoms with Gasteiger partial charge in [-0.15, -0.1) is 12.4 Å². The first-order valence-corrected chi connectivity index (χ1v) is 4.86. The molecule has 0 spiro atoms. The highest BCUT2D eigenvalue weighted by atomic mass is 35.5. The van der Waals surface area contributed by atoms with Gasteiger partial charge in [-0.3, -0.25) is 0 Å². The van der Waals surface area contributed by atoms with E-state index in [1.807, 2.05) is 0 Å². The maximum Gasteiger partial charge on any atom is 0.0516 e. The molecule has 0 bridgehead atoms. The number of hydrogen-bond acceptors (Lipinski definition) is 2. The largest absolute Gasteiger partial charge is 0.384 e. The van der Waals surface area contributed by atoms with Crippen LogP contribution in [0.4, 0.5) is 0 Å². The standard InChI is InChI=1S/C10H21NO.ClH/c1-10(2,8-12-3)9-4-6-11-7-5-9;/h9,11H,4-8H2,1-3H3;1H. The van der Waals surface area contributed by atoms with Gasteiger partial charge >= 0.3 is 0 Å². The van der Waals surface area contributed by atoms with Gasteiger partial charge in [-0.25, -0.2) is 0 Å².